The van der Waals surface area contributed by atoms with Gasteiger partial charge in [0.25, 0.3) is 0 Å². The molecule has 0 fully saturated rings. The van der Waals surface area contributed by atoms with E-state index in [-0.39, 0.29) is 6.61 Å². The molecule has 0 unspecified atom stereocenters. The molecule has 2 aromatic rings. The van der Waals surface area contributed by atoms with Crippen molar-refractivity contribution in [3.05, 3.63) is 35.2 Å². The first-order valence-electron chi connectivity index (χ1n) is 8.18. The van der Waals surface area contributed by atoms with Crippen molar-refractivity contribution in [2.75, 3.05) is 19.0 Å². The number of hydrogen-bond acceptors (Lipinski definition) is 6. The SMILES string of the molecule is CCOC(=O)c1c(-c2cccc(OC)c2)csc1NC(=O)OC(C)(C)C. The summed E-state index contributed by atoms with van der Waals surface area (Å²) in [6, 6.07) is 7.34. The topological polar surface area (TPSA) is 73.9 Å². The lowest BCUT2D eigenvalue weighted by atomic mass is 10.0. The number of rotatable bonds is 5. The number of methoxy groups -OCH3 is 1. The zero-order valence-electron chi connectivity index (χ0n) is 15.5. The molecule has 0 atom stereocenters. The number of esters is 1. The predicted octanol–water partition coefficient (Wildman–Crippen LogP) is 4.95. The first kappa shape index (κ1) is 19.8. The van der Waals surface area contributed by atoms with E-state index in [0.29, 0.717) is 21.9 Å². The fraction of sp³-hybridized carbons (Fsp3) is 0.368. The van der Waals surface area contributed by atoms with E-state index in [0.717, 1.165) is 5.56 Å². The van der Waals surface area contributed by atoms with Gasteiger partial charge in [0.15, 0.2) is 0 Å². The molecule has 1 aromatic carbocycles. The van der Waals surface area contributed by atoms with E-state index in [2.05, 4.69) is 5.32 Å². The molecule has 6 nitrogen and oxygen atoms in total. The molecule has 1 N–H and O–H groups in total. The highest BCUT2D eigenvalue weighted by Crippen LogP contribution is 2.37. The van der Waals surface area contributed by atoms with Crippen molar-refractivity contribution < 1.29 is 23.8 Å². The second kappa shape index (κ2) is 8.23. The Balaban J connectivity index is 2.42. The second-order valence-electron chi connectivity index (χ2n) is 6.43. The first-order valence-corrected chi connectivity index (χ1v) is 9.06. The van der Waals surface area contributed by atoms with Crippen LogP contribution < -0.4 is 10.1 Å². The number of amides is 1. The minimum Gasteiger partial charge on any atom is -0.497 e. The Morgan fingerprint density at radius 1 is 1.23 bits per heavy atom. The lowest BCUT2D eigenvalue weighted by molar-refractivity contribution is 0.0529. The lowest BCUT2D eigenvalue weighted by Crippen LogP contribution is -2.27. The maximum absolute atomic E-state index is 12.5. The highest BCUT2D eigenvalue weighted by atomic mass is 32.1. The molecule has 0 aliphatic carbocycles. The van der Waals surface area contributed by atoms with E-state index < -0.39 is 17.7 Å². The number of benzene rings is 1. The van der Waals surface area contributed by atoms with Crippen LogP contribution in [0.3, 0.4) is 0 Å². The molecule has 0 radical (unpaired) electrons. The van der Waals surface area contributed by atoms with Gasteiger partial charge in [-0.05, 0) is 45.4 Å². The van der Waals surface area contributed by atoms with Gasteiger partial charge in [-0.15, -0.1) is 11.3 Å². The summed E-state index contributed by atoms with van der Waals surface area (Å²) in [5, 5.41) is 4.83. The number of anilines is 1. The molecule has 0 aliphatic rings. The number of hydrogen-bond donors (Lipinski definition) is 1. The minimum atomic E-state index is -0.638. The van der Waals surface area contributed by atoms with Crippen LogP contribution in [0.1, 0.15) is 38.1 Å². The zero-order valence-corrected chi connectivity index (χ0v) is 16.4. The molecule has 0 bridgehead atoms. The summed E-state index contributed by atoms with van der Waals surface area (Å²) < 4.78 is 15.7. The van der Waals surface area contributed by atoms with Crippen LogP contribution in [0.5, 0.6) is 5.75 Å². The maximum atomic E-state index is 12.5. The third-order valence-corrected chi connectivity index (χ3v) is 4.16. The number of thiophene rings is 1. The van der Waals surface area contributed by atoms with Crippen molar-refractivity contribution in [3.63, 3.8) is 0 Å². The molecule has 2 rings (SSSR count). The van der Waals surface area contributed by atoms with E-state index in [1.807, 2.05) is 24.3 Å². The quantitative estimate of drug-likeness (QED) is 0.747. The Kier molecular flexibility index (Phi) is 6.26. The molecule has 0 saturated carbocycles. The van der Waals surface area contributed by atoms with Gasteiger partial charge in [-0.2, -0.15) is 0 Å². The molecule has 7 heteroatoms. The Bertz CT molecular complexity index is 791. The lowest BCUT2D eigenvalue weighted by Gasteiger charge is -2.19. The average Bonchev–Trinajstić information content (AvgIpc) is 2.96. The van der Waals surface area contributed by atoms with E-state index in [1.54, 1.807) is 40.2 Å². The van der Waals surface area contributed by atoms with Gasteiger partial charge in [0.2, 0.25) is 0 Å². The fourth-order valence-corrected chi connectivity index (χ4v) is 3.20. The van der Waals surface area contributed by atoms with Gasteiger partial charge in [0.1, 0.15) is 21.9 Å². The summed E-state index contributed by atoms with van der Waals surface area (Å²) in [4.78, 5) is 24.6. The van der Waals surface area contributed by atoms with Gasteiger partial charge in [0, 0.05) is 10.9 Å². The van der Waals surface area contributed by atoms with Crippen molar-refractivity contribution in [3.8, 4) is 16.9 Å². The Morgan fingerprint density at radius 2 is 1.96 bits per heavy atom. The third kappa shape index (κ3) is 4.98. The standard InChI is InChI=1S/C19H23NO5S/c1-6-24-17(21)15-14(12-8-7-9-13(10-12)23-5)11-26-16(15)20-18(22)25-19(2,3)4/h7-11H,6H2,1-5H3,(H,20,22). The zero-order chi connectivity index (χ0) is 19.3. The number of ether oxygens (including phenoxy) is 3. The normalized spacial score (nSPS) is 11.0. The van der Waals surface area contributed by atoms with Gasteiger partial charge >= 0.3 is 12.1 Å². The van der Waals surface area contributed by atoms with Crippen LogP contribution in [0.4, 0.5) is 9.80 Å². The summed E-state index contributed by atoms with van der Waals surface area (Å²) >= 11 is 1.24. The number of carbonyl (C=O) groups excluding carboxylic acids is 2. The van der Waals surface area contributed by atoms with Crippen LogP contribution in [0, 0.1) is 0 Å². The van der Waals surface area contributed by atoms with Crippen molar-refractivity contribution in [1.82, 2.24) is 0 Å². The average molecular weight is 377 g/mol. The van der Waals surface area contributed by atoms with Crippen LogP contribution in [0.2, 0.25) is 0 Å². The van der Waals surface area contributed by atoms with Crippen LogP contribution in [-0.4, -0.2) is 31.4 Å². The molecule has 1 amide bonds. The molecular formula is C19H23NO5S. The van der Waals surface area contributed by atoms with Crippen molar-refractivity contribution >= 4 is 28.4 Å². The summed E-state index contributed by atoms with van der Waals surface area (Å²) in [6.45, 7) is 7.29. The molecule has 0 spiro atoms. The van der Waals surface area contributed by atoms with Crippen LogP contribution in [-0.2, 0) is 9.47 Å². The summed E-state index contributed by atoms with van der Waals surface area (Å²) in [6.07, 6.45) is -0.623. The second-order valence-corrected chi connectivity index (χ2v) is 7.31. The third-order valence-electron chi connectivity index (χ3n) is 3.27. The van der Waals surface area contributed by atoms with Gasteiger partial charge in [0.05, 0.1) is 13.7 Å². The van der Waals surface area contributed by atoms with E-state index in [9.17, 15) is 9.59 Å². The van der Waals surface area contributed by atoms with Gasteiger partial charge < -0.3 is 14.2 Å². The largest absolute Gasteiger partial charge is 0.497 e. The van der Waals surface area contributed by atoms with Crippen molar-refractivity contribution in [2.45, 2.75) is 33.3 Å². The van der Waals surface area contributed by atoms with Crippen LogP contribution in [0.25, 0.3) is 11.1 Å². The predicted molar refractivity (Wildman–Crippen MR) is 102 cm³/mol. The highest BCUT2D eigenvalue weighted by Gasteiger charge is 2.25. The molecule has 1 heterocycles. The molecule has 140 valence electrons. The smallest absolute Gasteiger partial charge is 0.412 e. The molecule has 0 saturated heterocycles. The first-order chi connectivity index (χ1) is 12.2. The number of carbonyl (C=O) groups is 2. The Labute approximate surface area is 157 Å². The minimum absolute atomic E-state index is 0.234. The molecule has 1 aromatic heterocycles. The van der Waals surface area contributed by atoms with Gasteiger partial charge in [-0.25, -0.2) is 9.59 Å². The van der Waals surface area contributed by atoms with E-state index in [4.69, 9.17) is 14.2 Å². The molecule has 0 aliphatic heterocycles. The molecule has 26 heavy (non-hydrogen) atoms. The summed E-state index contributed by atoms with van der Waals surface area (Å²) in [5.74, 6) is 0.169. The van der Waals surface area contributed by atoms with Crippen LogP contribution >= 0.6 is 11.3 Å². The monoisotopic (exact) mass is 377 g/mol. The highest BCUT2D eigenvalue weighted by molar-refractivity contribution is 7.15. The summed E-state index contributed by atoms with van der Waals surface area (Å²) in [5.41, 5.74) is 1.12. The van der Waals surface area contributed by atoms with Crippen molar-refractivity contribution in [1.29, 1.82) is 0 Å². The number of nitrogens with one attached hydrogen (secondary N) is 1. The Morgan fingerprint density at radius 3 is 2.58 bits per heavy atom. The van der Waals surface area contributed by atoms with Gasteiger partial charge in [-0.1, -0.05) is 12.1 Å². The molecular weight excluding hydrogens is 354 g/mol. The Hall–Kier alpha value is -2.54. The van der Waals surface area contributed by atoms with E-state index >= 15 is 0 Å². The van der Waals surface area contributed by atoms with E-state index in [1.165, 1.54) is 11.3 Å². The fourth-order valence-electron chi connectivity index (χ4n) is 2.26. The van der Waals surface area contributed by atoms with Crippen molar-refractivity contribution in [2.24, 2.45) is 0 Å². The summed E-state index contributed by atoms with van der Waals surface area (Å²) in [7, 11) is 1.58. The van der Waals surface area contributed by atoms with Crippen LogP contribution in [0.15, 0.2) is 29.6 Å². The maximum Gasteiger partial charge on any atom is 0.412 e. The van der Waals surface area contributed by atoms with Gasteiger partial charge in [-0.3, -0.25) is 5.32 Å².